The van der Waals surface area contributed by atoms with E-state index in [0.717, 1.165) is 43.4 Å². The van der Waals surface area contributed by atoms with Gasteiger partial charge in [0, 0.05) is 42.3 Å². The van der Waals surface area contributed by atoms with Crippen LogP contribution in [-0.2, 0) is 4.79 Å². The molecule has 8 heteroatoms. The Balaban J connectivity index is 1.61. The van der Waals surface area contributed by atoms with E-state index in [9.17, 15) is 14.7 Å². The van der Waals surface area contributed by atoms with Crippen LogP contribution in [0.25, 0.3) is 11.0 Å². The predicted molar refractivity (Wildman–Crippen MR) is 139 cm³/mol. The third-order valence-corrected chi connectivity index (χ3v) is 7.39. The van der Waals surface area contributed by atoms with E-state index in [1.54, 1.807) is 23.1 Å². The fourth-order valence-electron chi connectivity index (χ4n) is 5.36. The largest absolute Gasteiger partial charge is 0.503 e. The van der Waals surface area contributed by atoms with Gasteiger partial charge in [-0.2, -0.15) is 0 Å². The molecule has 1 aromatic heterocycles. The lowest BCUT2D eigenvalue weighted by atomic mass is 9.90. The lowest BCUT2D eigenvalue weighted by Crippen LogP contribution is -2.41. The number of aliphatic hydroxyl groups excluding tert-OH is 1. The first-order valence-electron chi connectivity index (χ1n) is 12.1. The number of nitrogens with zero attached hydrogens (tertiary/aromatic N) is 2. The van der Waals surface area contributed by atoms with Gasteiger partial charge in [-0.3, -0.25) is 9.59 Å². The summed E-state index contributed by atoms with van der Waals surface area (Å²) in [5, 5.41) is 12.1. The standard InChI is InChI=1S/C28H29ClN2O5/c1-30(2)19-11-9-16(10-12-19)24-23(26(33)28(34)31(24)20-7-5-4-6-8-20)25(32)21-14-17-13-18(29)15-22(35-3)27(17)36-21/h9-15,20,24,33H,4-8H2,1-3H3. The summed E-state index contributed by atoms with van der Waals surface area (Å²) in [5.74, 6) is -1.14. The molecule has 36 heavy (non-hydrogen) atoms. The molecule has 1 atom stereocenters. The summed E-state index contributed by atoms with van der Waals surface area (Å²) in [5.41, 5.74) is 2.18. The van der Waals surface area contributed by atoms with Crippen molar-refractivity contribution < 1.29 is 23.8 Å². The number of halogens is 1. The molecule has 1 amide bonds. The fourth-order valence-corrected chi connectivity index (χ4v) is 5.57. The normalized spacial score (nSPS) is 18.8. The van der Waals surface area contributed by atoms with Crippen LogP contribution in [0.5, 0.6) is 5.75 Å². The van der Waals surface area contributed by atoms with Gasteiger partial charge in [0.15, 0.2) is 22.9 Å². The third kappa shape index (κ3) is 4.11. The van der Waals surface area contributed by atoms with Gasteiger partial charge < -0.3 is 24.1 Å². The second kappa shape index (κ2) is 9.54. The number of Topliss-reactive ketones (excluding diaryl/α,β-unsaturated/α-hetero) is 1. The molecule has 1 aliphatic carbocycles. The number of ketones is 1. The SMILES string of the molecule is COc1cc(Cl)cc2cc(C(=O)C3=C(O)C(=O)N(C4CCCCC4)C3c3ccc(N(C)C)cc3)oc12. The molecule has 2 aromatic carbocycles. The van der Waals surface area contributed by atoms with Gasteiger partial charge in [-0.15, -0.1) is 0 Å². The molecule has 1 saturated carbocycles. The van der Waals surface area contributed by atoms with E-state index < -0.39 is 23.5 Å². The first-order chi connectivity index (χ1) is 17.3. The molecule has 0 radical (unpaired) electrons. The Hall–Kier alpha value is -3.45. The molecule has 0 spiro atoms. The molecular weight excluding hydrogens is 480 g/mol. The van der Waals surface area contributed by atoms with Crippen LogP contribution in [0.3, 0.4) is 0 Å². The molecule has 2 heterocycles. The minimum Gasteiger partial charge on any atom is -0.503 e. The van der Waals surface area contributed by atoms with Gasteiger partial charge in [-0.1, -0.05) is 43.0 Å². The molecule has 0 bridgehead atoms. The van der Waals surface area contributed by atoms with E-state index in [4.69, 9.17) is 20.8 Å². The van der Waals surface area contributed by atoms with Gasteiger partial charge in [0.05, 0.1) is 18.7 Å². The number of carbonyl (C=O) groups is 2. The summed E-state index contributed by atoms with van der Waals surface area (Å²) in [4.78, 5) is 31.0. The molecule has 188 valence electrons. The van der Waals surface area contributed by atoms with Gasteiger partial charge in [-0.05, 0) is 42.7 Å². The Labute approximate surface area is 214 Å². The molecule has 5 rings (SSSR count). The van der Waals surface area contributed by atoms with Gasteiger partial charge in [-0.25, -0.2) is 0 Å². The van der Waals surface area contributed by atoms with Gasteiger partial charge in [0.2, 0.25) is 5.78 Å². The Morgan fingerprint density at radius 2 is 1.81 bits per heavy atom. The molecule has 1 fully saturated rings. The average Bonchev–Trinajstić information content (AvgIpc) is 3.42. The maximum atomic E-state index is 13.9. The Bertz CT molecular complexity index is 1350. The summed E-state index contributed by atoms with van der Waals surface area (Å²) in [7, 11) is 5.39. The number of fused-ring (bicyclic) bond motifs is 1. The van der Waals surface area contributed by atoms with Crippen molar-refractivity contribution in [1.29, 1.82) is 0 Å². The van der Waals surface area contributed by atoms with Crippen molar-refractivity contribution >= 4 is 39.9 Å². The van der Waals surface area contributed by atoms with Crippen LogP contribution in [-0.4, -0.2) is 48.9 Å². The zero-order valence-electron chi connectivity index (χ0n) is 20.6. The molecule has 1 aliphatic heterocycles. The second-order valence-corrected chi connectivity index (χ2v) is 10.1. The first-order valence-corrected chi connectivity index (χ1v) is 12.5. The highest BCUT2D eigenvalue weighted by Gasteiger charge is 2.47. The van der Waals surface area contributed by atoms with Crippen LogP contribution in [0, 0.1) is 0 Å². The van der Waals surface area contributed by atoms with Crippen molar-refractivity contribution in [3.05, 3.63) is 70.1 Å². The van der Waals surface area contributed by atoms with Gasteiger partial charge in [0.25, 0.3) is 5.91 Å². The van der Waals surface area contributed by atoms with Crippen molar-refractivity contribution in [2.24, 2.45) is 0 Å². The maximum Gasteiger partial charge on any atom is 0.290 e. The Morgan fingerprint density at radius 3 is 2.44 bits per heavy atom. The predicted octanol–water partition coefficient (Wildman–Crippen LogP) is 6.07. The minimum atomic E-state index is -0.706. The van der Waals surface area contributed by atoms with Gasteiger partial charge in [0.1, 0.15) is 0 Å². The van der Waals surface area contributed by atoms with E-state index >= 15 is 0 Å². The number of hydrogen-bond donors (Lipinski definition) is 1. The molecule has 1 N–H and O–H groups in total. The number of methoxy groups -OCH3 is 1. The van der Waals surface area contributed by atoms with E-state index in [1.165, 1.54) is 7.11 Å². The topological polar surface area (TPSA) is 83.2 Å². The molecule has 1 unspecified atom stereocenters. The molecule has 7 nitrogen and oxygen atoms in total. The van der Waals surface area contributed by atoms with Crippen LogP contribution < -0.4 is 9.64 Å². The quantitative estimate of drug-likeness (QED) is 0.407. The Kier molecular flexibility index (Phi) is 6.43. The highest BCUT2D eigenvalue weighted by atomic mass is 35.5. The summed E-state index contributed by atoms with van der Waals surface area (Å²) in [6.45, 7) is 0. The molecular formula is C28H29ClN2O5. The summed E-state index contributed by atoms with van der Waals surface area (Å²) in [6.07, 6.45) is 4.82. The monoisotopic (exact) mass is 508 g/mol. The minimum absolute atomic E-state index is 0.0142. The number of hydrogen-bond acceptors (Lipinski definition) is 6. The van der Waals surface area contributed by atoms with Crippen molar-refractivity contribution in [3.63, 3.8) is 0 Å². The number of ether oxygens (including phenoxy) is 1. The number of amides is 1. The van der Waals surface area contributed by atoms with Crippen LogP contribution in [0.1, 0.15) is 54.3 Å². The van der Waals surface area contributed by atoms with Crippen LogP contribution in [0.15, 0.2) is 58.2 Å². The zero-order chi connectivity index (χ0) is 25.6. The van der Waals surface area contributed by atoms with Gasteiger partial charge >= 0.3 is 0 Å². The van der Waals surface area contributed by atoms with Crippen molar-refractivity contribution in [3.8, 4) is 5.75 Å². The maximum absolute atomic E-state index is 13.9. The lowest BCUT2D eigenvalue weighted by Gasteiger charge is -2.36. The highest BCUT2D eigenvalue weighted by Crippen LogP contribution is 2.44. The van der Waals surface area contributed by atoms with E-state index in [2.05, 4.69) is 0 Å². The third-order valence-electron chi connectivity index (χ3n) is 7.17. The van der Waals surface area contributed by atoms with E-state index in [1.807, 2.05) is 43.3 Å². The first kappa shape index (κ1) is 24.3. The summed E-state index contributed by atoms with van der Waals surface area (Å²) in [6, 6.07) is 11.8. The van der Waals surface area contributed by atoms with E-state index in [0.29, 0.717) is 21.7 Å². The molecule has 3 aromatic rings. The van der Waals surface area contributed by atoms with E-state index in [-0.39, 0.29) is 17.4 Å². The van der Waals surface area contributed by atoms with Crippen LogP contribution >= 0.6 is 11.6 Å². The zero-order valence-corrected chi connectivity index (χ0v) is 21.3. The van der Waals surface area contributed by atoms with Crippen molar-refractivity contribution in [1.82, 2.24) is 4.90 Å². The Morgan fingerprint density at radius 1 is 1.11 bits per heavy atom. The summed E-state index contributed by atoms with van der Waals surface area (Å²) < 4.78 is 11.3. The van der Waals surface area contributed by atoms with Crippen LogP contribution in [0.2, 0.25) is 5.02 Å². The second-order valence-electron chi connectivity index (χ2n) is 9.62. The molecule has 2 aliphatic rings. The molecule has 0 saturated heterocycles. The highest BCUT2D eigenvalue weighted by molar-refractivity contribution is 6.31. The number of rotatable bonds is 6. The van der Waals surface area contributed by atoms with Crippen molar-refractivity contribution in [2.45, 2.75) is 44.2 Å². The summed E-state index contributed by atoms with van der Waals surface area (Å²) >= 11 is 6.19. The van der Waals surface area contributed by atoms with Crippen LogP contribution in [0.4, 0.5) is 5.69 Å². The smallest absolute Gasteiger partial charge is 0.290 e. The number of benzene rings is 2. The average molecular weight is 509 g/mol. The number of carbonyl (C=O) groups excluding carboxylic acids is 2. The number of aliphatic hydroxyl groups is 1. The lowest BCUT2D eigenvalue weighted by molar-refractivity contribution is -0.132. The fraction of sp³-hybridized carbons (Fsp3) is 0.357. The number of furan rings is 1. The van der Waals surface area contributed by atoms with Crippen molar-refractivity contribution in [2.75, 3.05) is 26.1 Å². The number of anilines is 1.